The van der Waals surface area contributed by atoms with E-state index in [0.717, 1.165) is 22.0 Å². The summed E-state index contributed by atoms with van der Waals surface area (Å²) in [7, 11) is 0. The van der Waals surface area contributed by atoms with Gasteiger partial charge in [0.15, 0.2) is 10.5 Å². The van der Waals surface area contributed by atoms with Crippen molar-refractivity contribution in [3.05, 3.63) is 17.4 Å². The molecule has 0 amide bonds. The summed E-state index contributed by atoms with van der Waals surface area (Å²) in [5.41, 5.74) is 0.747. The summed E-state index contributed by atoms with van der Waals surface area (Å²) in [6.07, 6.45) is 3.37. The molecule has 4 nitrogen and oxygen atoms in total. The summed E-state index contributed by atoms with van der Waals surface area (Å²) < 4.78 is 0. The van der Waals surface area contributed by atoms with Crippen LogP contribution in [0.25, 0.3) is 10.5 Å². The van der Waals surface area contributed by atoms with Crippen LogP contribution in [0.1, 0.15) is 24.9 Å². The van der Waals surface area contributed by atoms with Gasteiger partial charge < -0.3 is 5.32 Å². The number of hydrogen-bond donors (Lipinski definition) is 1. The number of hydrogen-bond acceptors (Lipinski definition) is 5. The van der Waals surface area contributed by atoms with Crippen LogP contribution < -0.4 is 5.32 Å². The Morgan fingerprint density at radius 1 is 1.43 bits per heavy atom. The van der Waals surface area contributed by atoms with Crippen molar-refractivity contribution >= 4 is 21.8 Å². The molecule has 74 valence electrons. The molecule has 0 spiro atoms. The molecule has 2 rings (SSSR count). The monoisotopic (exact) mass is 208 g/mol. The number of nitrogens with zero attached hydrogens (tertiary/aromatic N) is 3. The van der Waals surface area contributed by atoms with E-state index in [4.69, 9.17) is 0 Å². The molecule has 0 aliphatic heterocycles. The summed E-state index contributed by atoms with van der Waals surface area (Å²) in [5.74, 6) is 0. The van der Waals surface area contributed by atoms with Crippen molar-refractivity contribution in [3.63, 3.8) is 0 Å². The highest BCUT2D eigenvalue weighted by atomic mass is 32.1. The van der Waals surface area contributed by atoms with Crippen LogP contribution in [-0.4, -0.2) is 21.5 Å². The maximum atomic E-state index is 4.41. The summed E-state index contributed by atoms with van der Waals surface area (Å²) >= 11 is 1.60. The van der Waals surface area contributed by atoms with Gasteiger partial charge in [-0.05, 0) is 13.5 Å². The minimum atomic E-state index is 0.279. The Morgan fingerprint density at radius 2 is 2.21 bits per heavy atom. The molecular formula is C9H12N4S. The van der Waals surface area contributed by atoms with Gasteiger partial charge in [0.25, 0.3) is 0 Å². The van der Waals surface area contributed by atoms with Gasteiger partial charge in [-0.2, -0.15) is 0 Å². The summed E-state index contributed by atoms with van der Waals surface area (Å²) in [5, 5.41) is 4.36. The summed E-state index contributed by atoms with van der Waals surface area (Å²) in [4.78, 5) is 13.7. The maximum Gasteiger partial charge on any atom is 0.189 e. The van der Waals surface area contributed by atoms with Crippen molar-refractivity contribution in [1.82, 2.24) is 20.3 Å². The van der Waals surface area contributed by atoms with Crippen LogP contribution in [0.4, 0.5) is 0 Å². The molecule has 0 saturated carbocycles. The molecule has 0 aliphatic carbocycles. The molecule has 2 aromatic rings. The number of fused-ring (bicyclic) bond motifs is 1. The molecule has 0 aliphatic rings. The Labute approximate surface area is 86.4 Å². The molecule has 5 heteroatoms. The molecule has 0 aromatic carbocycles. The smallest absolute Gasteiger partial charge is 0.189 e. The Bertz CT molecular complexity index is 392. The second-order valence-electron chi connectivity index (χ2n) is 3.02. The van der Waals surface area contributed by atoms with E-state index in [0.29, 0.717) is 0 Å². The van der Waals surface area contributed by atoms with Crippen LogP contribution in [-0.2, 0) is 0 Å². The van der Waals surface area contributed by atoms with Crippen LogP contribution in [0, 0.1) is 0 Å². The van der Waals surface area contributed by atoms with Gasteiger partial charge in [-0.25, -0.2) is 15.0 Å². The van der Waals surface area contributed by atoms with E-state index in [-0.39, 0.29) is 6.04 Å². The normalized spacial score (nSPS) is 13.3. The lowest BCUT2D eigenvalue weighted by molar-refractivity contribution is 0.595. The standard InChI is InChI=1S/C9H12N4S/c1-3-10-6(2)8-13-7-9(14-8)12-5-4-11-7/h4-6,10H,3H2,1-2H3. The van der Waals surface area contributed by atoms with Gasteiger partial charge in [-0.3, -0.25) is 0 Å². The molecule has 1 unspecified atom stereocenters. The quantitative estimate of drug-likeness (QED) is 0.835. The topological polar surface area (TPSA) is 50.7 Å². The lowest BCUT2D eigenvalue weighted by Gasteiger charge is -2.06. The predicted molar refractivity (Wildman–Crippen MR) is 57.3 cm³/mol. The molecule has 1 N–H and O–H groups in total. The average Bonchev–Trinajstić information content (AvgIpc) is 2.61. The van der Waals surface area contributed by atoms with Gasteiger partial charge in [0.2, 0.25) is 0 Å². The van der Waals surface area contributed by atoms with Crippen LogP contribution in [0.2, 0.25) is 0 Å². The van der Waals surface area contributed by atoms with Gasteiger partial charge in [-0.1, -0.05) is 18.3 Å². The summed E-state index contributed by atoms with van der Waals surface area (Å²) in [6, 6.07) is 0.279. The third-order valence-electron chi connectivity index (χ3n) is 1.94. The summed E-state index contributed by atoms with van der Waals surface area (Å²) in [6.45, 7) is 5.12. The minimum Gasteiger partial charge on any atom is -0.308 e. The molecule has 0 radical (unpaired) electrons. The van der Waals surface area contributed by atoms with Crippen LogP contribution in [0.3, 0.4) is 0 Å². The highest BCUT2D eigenvalue weighted by molar-refractivity contribution is 7.18. The van der Waals surface area contributed by atoms with Crippen LogP contribution in [0.5, 0.6) is 0 Å². The molecule has 14 heavy (non-hydrogen) atoms. The van der Waals surface area contributed by atoms with E-state index in [1.165, 1.54) is 0 Å². The van der Waals surface area contributed by atoms with Gasteiger partial charge in [-0.15, -0.1) is 0 Å². The van der Waals surface area contributed by atoms with Crippen LogP contribution in [0.15, 0.2) is 12.4 Å². The zero-order valence-corrected chi connectivity index (χ0v) is 9.01. The van der Waals surface area contributed by atoms with Crippen molar-refractivity contribution in [2.24, 2.45) is 0 Å². The molecular weight excluding hydrogens is 196 g/mol. The Morgan fingerprint density at radius 3 is 2.93 bits per heavy atom. The van der Waals surface area contributed by atoms with E-state index >= 15 is 0 Å². The first-order chi connectivity index (χ1) is 6.81. The zero-order valence-electron chi connectivity index (χ0n) is 8.19. The highest BCUT2D eigenvalue weighted by Crippen LogP contribution is 2.22. The van der Waals surface area contributed by atoms with Crippen molar-refractivity contribution < 1.29 is 0 Å². The highest BCUT2D eigenvalue weighted by Gasteiger charge is 2.10. The molecule has 0 bridgehead atoms. The van der Waals surface area contributed by atoms with Gasteiger partial charge >= 0.3 is 0 Å². The fourth-order valence-electron chi connectivity index (χ4n) is 1.27. The SMILES string of the molecule is CCNC(C)c1nc2nccnc2s1. The number of thiazole rings is 1. The van der Waals surface area contributed by atoms with Crippen molar-refractivity contribution in [2.75, 3.05) is 6.54 Å². The van der Waals surface area contributed by atoms with E-state index in [1.807, 2.05) is 0 Å². The molecule has 0 fully saturated rings. The second-order valence-corrected chi connectivity index (χ2v) is 4.03. The third-order valence-corrected chi connectivity index (χ3v) is 3.08. The first-order valence-electron chi connectivity index (χ1n) is 4.62. The minimum absolute atomic E-state index is 0.279. The van der Waals surface area contributed by atoms with Gasteiger partial charge in [0.05, 0.1) is 6.04 Å². The predicted octanol–water partition coefficient (Wildman–Crippen LogP) is 1.76. The zero-order chi connectivity index (χ0) is 9.97. The second kappa shape index (κ2) is 3.98. The van der Waals surface area contributed by atoms with E-state index < -0.39 is 0 Å². The van der Waals surface area contributed by atoms with Crippen molar-refractivity contribution in [2.45, 2.75) is 19.9 Å². The fourth-order valence-corrected chi connectivity index (χ4v) is 2.17. The Hall–Kier alpha value is -1.07. The molecule has 2 heterocycles. The van der Waals surface area contributed by atoms with Gasteiger partial charge in [0, 0.05) is 12.4 Å². The first kappa shape index (κ1) is 9.48. The lowest BCUT2D eigenvalue weighted by Crippen LogP contribution is -2.17. The number of nitrogens with one attached hydrogen (secondary N) is 1. The fraction of sp³-hybridized carbons (Fsp3) is 0.444. The van der Waals surface area contributed by atoms with E-state index in [2.05, 4.69) is 34.1 Å². The first-order valence-corrected chi connectivity index (χ1v) is 5.43. The lowest BCUT2D eigenvalue weighted by atomic mass is 10.3. The Balaban J connectivity index is 2.35. The van der Waals surface area contributed by atoms with Crippen molar-refractivity contribution in [3.8, 4) is 0 Å². The maximum absolute atomic E-state index is 4.41. The molecule has 0 saturated heterocycles. The largest absolute Gasteiger partial charge is 0.308 e. The molecule has 2 aromatic heterocycles. The molecule has 1 atom stereocenters. The van der Waals surface area contributed by atoms with Crippen LogP contribution >= 0.6 is 11.3 Å². The Kier molecular flexibility index (Phi) is 2.69. The number of aromatic nitrogens is 3. The van der Waals surface area contributed by atoms with E-state index in [9.17, 15) is 0 Å². The average molecular weight is 208 g/mol. The van der Waals surface area contributed by atoms with Crippen molar-refractivity contribution in [1.29, 1.82) is 0 Å². The number of rotatable bonds is 3. The van der Waals surface area contributed by atoms with Gasteiger partial charge in [0.1, 0.15) is 5.01 Å². The van der Waals surface area contributed by atoms with E-state index in [1.54, 1.807) is 23.7 Å². The third kappa shape index (κ3) is 1.73.